The number of benzene rings is 2. The number of carboxylic acid groups (broad SMARTS) is 1. The van der Waals surface area contributed by atoms with Crippen molar-refractivity contribution >= 4 is 18.0 Å². The number of ether oxygens (including phenoxy) is 1. The molecule has 0 aliphatic heterocycles. The highest BCUT2D eigenvalue weighted by molar-refractivity contribution is 5.90. The molecule has 3 N–H and O–H groups in total. The molecule has 0 unspecified atom stereocenters. The minimum atomic E-state index is -1.29. The van der Waals surface area contributed by atoms with Crippen LogP contribution in [0.1, 0.15) is 29.9 Å². The van der Waals surface area contributed by atoms with Crippen LogP contribution in [0.4, 0.5) is 4.79 Å². The van der Waals surface area contributed by atoms with E-state index in [0.29, 0.717) is 6.42 Å². The van der Waals surface area contributed by atoms with E-state index in [1.54, 1.807) is 0 Å². The molecule has 1 saturated carbocycles. The maximum atomic E-state index is 12.4. The van der Waals surface area contributed by atoms with E-state index in [1.165, 1.54) is 0 Å². The van der Waals surface area contributed by atoms with Crippen LogP contribution >= 0.6 is 0 Å². The third-order valence-electron chi connectivity index (χ3n) is 6.87. The molecule has 7 nitrogen and oxygen atoms in total. The van der Waals surface area contributed by atoms with Crippen molar-refractivity contribution in [3.8, 4) is 11.1 Å². The normalized spacial score (nSPS) is 24.6. The van der Waals surface area contributed by atoms with E-state index in [2.05, 4.69) is 22.8 Å². The Kier molecular flexibility index (Phi) is 4.96. The molecule has 7 heteroatoms. The summed E-state index contributed by atoms with van der Waals surface area (Å²) in [6.45, 7) is -0.193. The van der Waals surface area contributed by atoms with Crippen molar-refractivity contribution in [3.05, 3.63) is 71.8 Å². The number of alkyl carbamates (subject to hydrolysis) is 1. The van der Waals surface area contributed by atoms with Crippen LogP contribution in [0.2, 0.25) is 0 Å². The fraction of sp³-hybridized carbons (Fsp3) is 0.320. The van der Waals surface area contributed by atoms with Gasteiger partial charge in [0.2, 0.25) is 5.91 Å². The highest BCUT2D eigenvalue weighted by Crippen LogP contribution is 2.46. The van der Waals surface area contributed by atoms with Crippen LogP contribution in [-0.4, -0.2) is 41.8 Å². The summed E-state index contributed by atoms with van der Waals surface area (Å²) in [6, 6.07) is 16.1. The summed E-state index contributed by atoms with van der Waals surface area (Å²) in [5.41, 5.74) is 3.18. The van der Waals surface area contributed by atoms with Crippen LogP contribution in [0.5, 0.6) is 0 Å². The van der Waals surface area contributed by atoms with Gasteiger partial charge in [-0.25, -0.2) is 9.59 Å². The van der Waals surface area contributed by atoms with Gasteiger partial charge in [0.15, 0.2) is 0 Å². The van der Waals surface area contributed by atoms with Crippen LogP contribution < -0.4 is 10.6 Å². The number of carbonyl (C=O) groups is 3. The first kappa shape index (κ1) is 20.3. The monoisotopic (exact) mass is 432 g/mol. The molecule has 0 radical (unpaired) electrons. The number of aliphatic carboxylic acids is 1. The highest BCUT2D eigenvalue weighted by atomic mass is 16.5. The van der Waals surface area contributed by atoms with Crippen molar-refractivity contribution in [3.63, 3.8) is 0 Å². The number of carboxylic acids is 1. The van der Waals surface area contributed by atoms with Crippen molar-refractivity contribution in [2.75, 3.05) is 13.2 Å². The minimum absolute atomic E-state index is 0.0712. The summed E-state index contributed by atoms with van der Waals surface area (Å²) in [6.07, 6.45) is 4.26. The number of allylic oxidation sites excluding steroid dienone is 1. The lowest BCUT2D eigenvalue weighted by Crippen LogP contribution is -2.58. The van der Waals surface area contributed by atoms with Gasteiger partial charge >= 0.3 is 12.1 Å². The van der Waals surface area contributed by atoms with Crippen LogP contribution in [-0.2, 0) is 14.3 Å². The van der Waals surface area contributed by atoms with Gasteiger partial charge in [-0.3, -0.25) is 4.79 Å². The number of fused-ring (bicyclic) bond motifs is 5. The average molecular weight is 432 g/mol. The van der Waals surface area contributed by atoms with Gasteiger partial charge in [-0.2, -0.15) is 0 Å². The third-order valence-corrected chi connectivity index (χ3v) is 6.87. The molecule has 0 spiro atoms. The first-order valence-corrected chi connectivity index (χ1v) is 10.8. The van der Waals surface area contributed by atoms with Gasteiger partial charge in [-0.1, -0.05) is 60.7 Å². The summed E-state index contributed by atoms with van der Waals surface area (Å²) >= 11 is 0. The van der Waals surface area contributed by atoms with Gasteiger partial charge in [0.05, 0.1) is 0 Å². The predicted octanol–water partition coefficient (Wildman–Crippen LogP) is 3.06. The summed E-state index contributed by atoms with van der Waals surface area (Å²) in [4.78, 5) is 36.6. The van der Waals surface area contributed by atoms with E-state index in [-0.39, 0.29) is 30.9 Å². The fourth-order valence-corrected chi connectivity index (χ4v) is 5.39. The van der Waals surface area contributed by atoms with Gasteiger partial charge in [0, 0.05) is 11.8 Å². The molecular formula is C25H24N2O5. The van der Waals surface area contributed by atoms with E-state index in [4.69, 9.17) is 4.74 Å². The number of hydrogen-bond donors (Lipinski definition) is 3. The molecule has 2 aromatic carbocycles. The summed E-state index contributed by atoms with van der Waals surface area (Å²) in [5, 5.41) is 14.8. The standard InChI is InChI=1S/C25H24N2O5/c28-22(27-25(23(29)30)12-15-9-10-16(25)11-15)13-26-24(31)32-14-21-19-7-3-1-5-17(19)18-6-2-4-8-20(18)21/h1-10,15-16,21H,11-14H2,(H,26,31)(H,27,28)(H,29,30)/t15-,16+,25-/m1/s1. The van der Waals surface area contributed by atoms with E-state index >= 15 is 0 Å². The lowest BCUT2D eigenvalue weighted by Gasteiger charge is -2.32. The average Bonchev–Trinajstić information content (AvgIpc) is 3.48. The van der Waals surface area contributed by atoms with E-state index in [0.717, 1.165) is 28.7 Å². The lowest BCUT2D eigenvalue weighted by atomic mass is 9.84. The number of carbonyl (C=O) groups excluding carboxylic acids is 2. The van der Waals surface area contributed by atoms with Crippen LogP contribution in [0, 0.1) is 11.8 Å². The largest absolute Gasteiger partial charge is 0.479 e. The Bertz CT molecular complexity index is 1080. The molecule has 5 rings (SSSR count). The predicted molar refractivity (Wildman–Crippen MR) is 117 cm³/mol. The van der Waals surface area contributed by atoms with E-state index in [9.17, 15) is 19.5 Å². The molecule has 2 bridgehead atoms. The first-order valence-electron chi connectivity index (χ1n) is 10.8. The maximum absolute atomic E-state index is 12.4. The molecule has 0 aromatic heterocycles. The quantitative estimate of drug-likeness (QED) is 0.609. The van der Waals surface area contributed by atoms with Crippen molar-refractivity contribution in [2.24, 2.45) is 11.8 Å². The molecular weight excluding hydrogens is 408 g/mol. The van der Waals surface area contributed by atoms with Crippen molar-refractivity contribution in [1.29, 1.82) is 0 Å². The number of rotatable bonds is 6. The SMILES string of the molecule is O=C(CNC(=O)OCC1c2ccccc2-c2ccccc21)N[C@]1(C(=O)O)C[C@@H]2C=C[C@H]1C2. The van der Waals surface area contributed by atoms with Crippen LogP contribution in [0.3, 0.4) is 0 Å². The zero-order valence-corrected chi connectivity index (χ0v) is 17.4. The Balaban J connectivity index is 1.17. The van der Waals surface area contributed by atoms with Crippen LogP contribution in [0.25, 0.3) is 11.1 Å². The van der Waals surface area contributed by atoms with Crippen molar-refractivity contribution in [2.45, 2.75) is 24.3 Å². The molecule has 2 aromatic rings. The van der Waals surface area contributed by atoms with Crippen molar-refractivity contribution in [1.82, 2.24) is 10.6 Å². The van der Waals surface area contributed by atoms with E-state index in [1.807, 2.05) is 48.6 Å². The zero-order valence-electron chi connectivity index (χ0n) is 17.4. The molecule has 2 amide bonds. The molecule has 3 atom stereocenters. The molecule has 0 saturated heterocycles. The highest BCUT2D eigenvalue weighted by Gasteiger charge is 2.54. The second kappa shape index (κ2) is 7.82. The molecule has 0 heterocycles. The Morgan fingerprint density at radius 2 is 1.66 bits per heavy atom. The summed E-state index contributed by atoms with van der Waals surface area (Å²) < 4.78 is 5.42. The van der Waals surface area contributed by atoms with Crippen LogP contribution in [0.15, 0.2) is 60.7 Å². The second-order valence-corrected chi connectivity index (χ2v) is 8.70. The zero-order chi connectivity index (χ0) is 22.3. The van der Waals surface area contributed by atoms with Gasteiger partial charge in [-0.15, -0.1) is 0 Å². The maximum Gasteiger partial charge on any atom is 0.407 e. The van der Waals surface area contributed by atoms with Gasteiger partial charge in [0.1, 0.15) is 18.7 Å². The number of hydrogen-bond acceptors (Lipinski definition) is 4. The van der Waals surface area contributed by atoms with Crippen molar-refractivity contribution < 1.29 is 24.2 Å². The Morgan fingerprint density at radius 3 is 2.22 bits per heavy atom. The molecule has 3 aliphatic rings. The third kappa shape index (κ3) is 3.34. The van der Waals surface area contributed by atoms with Gasteiger partial charge in [-0.05, 0) is 41.0 Å². The Morgan fingerprint density at radius 1 is 1.00 bits per heavy atom. The minimum Gasteiger partial charge on any atom is -0.479 e. The lowest BCUT2D eigenvalue weighted by molar-refractivity contribution is -0.148. The fourth-order valence-electron chi connectivity index (χ4n) is 5.39. The first-order chi connectivity index (χ1) is 15.5. The Labute approximate surface area is 185 Å². The molecule has 1 fully saturated rings. The second-order valence-electron chi connectivity index (χ2n) is 8.70. The smallest absolute Gasteiger partial charge is 0.407 e. The number of amides is 2. The van der Waals surface area contributed by atoms with Gasteiger partial charge in [0.25, 0.3) is 0 Å². The molecule has 32 heavy (non-hydrogen) atoms. The Hall–Kier alpha value is -3.61. The van der Waals surface area contributed by atoms with Gasteiger partial charge < -0.3 is 20.5 Å². The molecule has 164 valence electrons. The molecule has 3 aliphatic carbocycles. The summed E-state index contributed by atoms with van der Waals surface area (Å²) in [5.74, 6) is -1.70. The summed E-state index contributed by atoms with van der Waals surface area (Å²) in [7, 11) is 0. The number of nitrogens with one attached hydrogen (secondary N) is 2. The topological polar surface area (TPSA) is 105 Å². The van der Waals surface area contributed by atoms with E-state index < -0.39 is 23.5 Å².